The number of hydrogen-bond acceptors (Lipinski definition) is 2. The molecule has 2 heteroatoms. The molecule has 17 heavy (non-hydrogen) atoms. The predicted octanol–water partition coefficient (Wildman–Crippen LogP) is 3.49. The van der Waals surface area contributed by atoms with Gasteiger partial charge in [-0.2, -0.15) is 0 Å². The van der Waals surface area contributed by atoms with Gasteiger partial charge in [0.2, 0.25) is 0 Å². The molecule has 1 heterocycles. The second-order valence-electron chi connectivity index (χ2n) is 5.22. The Labute approximate surface area is 103 Å². The van der Waals surface area contributed by atoms with Crippen LogP contribution in [-0.2, 0) is 9.47 Å². The minimum atomic E-state index is -0.224. The summed E-state index contributed by atoms with van der Waals surface area (Å²) in [6, 6.07) is 10.2. The van der Waals surface area contributed by atoms with Crippen molar-refractivity contribution in [3.63, 3.8) is 0 Å². The summed E-state index contributed by atoms with van der Waals surface area (Å²) < 4.78 is 11.5. The lowest BCUT2D eigenvalue weighted by molar-refractivity contribution is -0.232. The molecule has 92 valence electrons. The summed E-state index contributed by atoms with van der Waals surface area (Å²) >= 11 is 0. The highest BCUT2D eigenvalue weighted by atomic mass is 16.7. The maximum Gasteiger partial charge on any atom is 0.177 e. The van der Waals surface area contributed by atoms with Crippen molar-refractivity contribution in [2.24, 2.45) is 5.41 Å². The van der Waals surface area contributed by atoms with Crippen LogP contribution in [0.25, 0.3) is 6.08 Å². The Hall–Kier alpha value is -1.12. The van der Waals surface area contributed by atoms with Crippen LogP contribution in [0.3, 0.4) is 0 Å². The highest BCUT2D eigenvalue weighted by Gasteiger charge is 2.34. The lowest BCUT2D eigenvalue weighted by Crippen LogP contribution is -2.43. The molecule has 2 unspecified atom stereocenters. The van der Waals surface area contributed by atoms with Crippen molar-refractivity contribution in [1.29, 1.82) is 0 Å². The summed E-state index contributed by atoms with van der Waals surface area (Å²) in [7, 11) is 0. The van der Waals surface area contributed by atoms with E-state index in [0.29, 0.717) is 0 Å². The number of benzene rings is 1. The highest BCUT2D eigenvalue weighted by molar-refractivity contribution is 5.48. The third-order valence-corrected chi connectivity index (χ3v) is 3.30. The van der Waals surface area contributed by atoms with Gasteiger partial charge in [0.1, 0.15) is 0 Å². The minimum absolute atomic E-state index is 0.0943. The van der Waals surface area contributed by atoms with E-state index in [1.165, 1.54) is 0 Å². The molecule has 0 spiro atoms. The van der Waals surface area contributed by atoms with Crippen molar-refractivity contribution in [3.8, 4) is 0 Å². The first kappa shape index (κ1) is 12.3. The lowest BCUT2D eigenvalue weighted by atomic mass is 9.88. The zero-order valence-electron chi connectivity index (χ0n) is 10.7. The molecule has 0 bridgehead atoms. The molecule has 1 aliphatic rings. The fourth-order valence-electron chi connectivity index (χ4n) is 1.69. The Morgan fingerprint density at radius 3 is 2.59 bits per heavy atom. The average molecular weight is 232 g/mol. The monoisotopic (exact) mass is 232 g/mol. The maximum atomic E-state index is 5.81. The van der Waals surface area contributed by atoms with Gasteiger partial charge < -0.3 is 9.47 Å². The topological polar surface area (TPSA) is 18.5 Å². The van der Waals surface area contributed by atoms with Crippen molar-refractivity contribution in [1.82, 2.24) is 0 Å². The lowest BCUT2D eigenvalue weighted by Gasteiger charge is -2.39. The third-order valence-electron chi connectivity index (χ3n) is 3.30. The molecular formula is C15H20O2. The van der Waals surface area contributed by atoms with Crippen LogP contribution in [0, 0.1) is 5.41 Å². The van der Waals surface area contributed by atoms with Crippen molar-refractivity contribution >= 4 is 6.08 Å². The maximum absolute atomic E-state index is 5.81. The van der Waals surface area contributed by atoms with E-state index in [1.807, 2.05) is 30.4 Å². The van der Waals surface area contributed by atoms with E-state index in [1.54, 1.807) is 0 Å². The molecule has 1 aliphatic heterocycles. The van der Waals surface area contributed by atoms with Gasteiger partial charge in [-0.05, 0) is 18.6 Å². The number of rotatable bonds is 2. The van der Waals surface area contributed by atoms with Gasteiger partial charge in [0, 0.05) is 5.41 Å². The van der Waals surface area contributed by atoms with Crippen molar-refractivity contribution < 1.29 is 9.47 Å². The molecule has 0 amide bonds. The van der Waals surface area contributed by atoms with Gasteiger partial charge >= 0.3 is 0 Å². The van der Waals surface area contributed by atoms with E-state index in [-0.39, 0.29) is 17.8 Å². The van der Waals surface area contributed by atoms with E-state index >= 15 is 0 Å². The Morgan fingerprint density at radius 2 is 1.94 bits per heavy atom. The summed E-state index contributed by atoms with van der Waals surface area (Å²) in [5.41, 5.74) is 1.26. The first-order valence-electron chi connectivity index (χ1n) is 6.08. The second kappa shape index (κ2) is 5.03. The summed E-state index contributed by atoms with van der Waals surface area (Å²) in [6.45, 7) is 7.16. The molecule has 0 saturated carbocycles. The molecular weight excluding hydrogens is 212 g/mol. The molecule has 2 rings (SSSR count). The van der Waals surface area contributed by atoms with Gasteiger partial charge in [-0.3, -0.25) is 0 Å². The van der Waals surface area contributed by atoms with Crippen LogP contribution in [0.4, 0.5) is 0 Å². The van der Waals surface area contributed by atoms with Crippen molar-refractivity contribution in [2.45, 2.75) is 33.2 Å². The van der Waals surface area contributed by atoms with Gasteiger partial charge in [-0.25, -0.2) is 0 Å². The first-order chi connectivity index (χ1) is 8.08. The van der Waals surface area contributed by atoms with Gasteiger partial charge in [0.25, 0.3) is 0 Å². The van der Waals surface area contributed by atoms with Gasteiger partial charge in [-0.15, -0.1) is 0 Å². The molecule has 2 atom stereocenters. The first-order valence-corrected chi connectivity index (χ1v) is 6.08. The highest BCUT2D eigenvalue weighted by Crippen LogP contribution is 2.30. The molecule has 1 saturated heterocycles. The summed E-state index contributed by atoms with van der Waals surface area (Å²) in [4.78, 5) is 0. The zero-order chi connectivity index (χ0) is 12.3. The molecule has 0 aliphatic carbocycles. The fraction of sp³-hybridized carbons (Fsp3) is 0.467. The van der Waals surface area contributed by atoms with Crippen LogP contribution in [0.5, 0.6) is 0 Å². The Bertz CT molecular complexity index is 381. The minimum Gasteiger partial charge on any atom is -0.348 e. The standard InChI is InChI=1S/C15H20O2/c1-12-15(2,3)11-16-14(17-12)10-9-13-7-5-4-6-8-13/h4-10,12,14H,11H2,1-3H3. The third kappa shape index (κ3) is 3.18. The number of ether oxygens (including phenoxy) is 2. The zero-order valence-corrected chi connectivity index (χ0v) is 10.7. The molecule has 0 aromatic heterocycles. The van der Waals surface area contributed by atoms with Gasteiger partial charge in [0.05, 0.1) is 12.7 Å². The Kier molecular flexibility index (Phi) is 3.65. The van der Waals surface area contributed by atoms with Gasteiger partial charge in [0.15, 0.2) is 6.29 Å². The van der Waals surface area contributed by atoms with Crippen LogP contribution in [-0.4, -0.2) is 19.0 Å². The van der Waals surface area contributed by atoms with E-state index < -0.39 is 0 Å². The van der Waals surface area contributed by atoms with Crippen LogP contribution < -0.4 is 0 Å². The molecule has 2 nitrogen and oxygen atoms in total. The average Bonchev–Trinajstić information content (AvgIpc) is 2.32. The van der Waals surface area contributed by atoms with Crippen molar-refractivity contribution in [3.05, 3.63) is 42.0 Å². The fourth-order valence-corrected chi connectivity index (χ4v) is 1.69. The molecule has 1 fully saturated rings. The summed E-state index contributed by atoms with van der Waals surface area (Å²) in [5.74, 6) is 0. The number of hydrogen-bond donors (Lipinski definition) is 0. The Balaban J connectivity index is 1.96. The van der Waals surface area contributed by atoms with E-state index in [2.05, 4.69) is 32.9 Å². The summed E-state index contributed by atoms with van der Waals surface area (Å²) in [6.07, 6.45) is 4.00. The van der Waals surface area contributed by atoms with E-state index in [9.17, 15) is 0 Å². The molecule has 1 aromatic carbocycles. The van der Waals surface area contributed by atoms with Crippen LogP contribution in [0.1, 0.15) is 26.3 Å². The summed E-state index contributed by atoms with van der Waals surface area (Å²) in [5, 5.41) is 0. The molecule has 0 radical (unpaired) electrons. The quantitative estimate of drug-likeness (QED) is 0.777. The van der Waals surface area contributed by atoms with E-state index in [4.69, 9.17) is 9.47 Å². The smallest absolute Gasteiger partial charge is 0.177 e. The SMILES string of the molecule is CC1OC(C=Cc2ccccc2)OCC1(C)C. The second-order valence-corrected chi connectivity index (χ2v) is 5.22. The normalized spacial score (nSPS) is 28.4. The van der Waals surface area contributed by atoms with Crippen molar-refractivity contribution in [2.75, 3.05) is 6.61 Å². The van der Waals surface area contributed by atoms with E-state index in [0.717, 1.165) is 12.2 Å². The van der Waals surface area contributed by atoms with Crippen LogP contribution in [0.2, 0.25) is 0 Å². The molecule has 1 aromatic rings. The Morgan fingerprint density at radius 1 is 1.24 bits per heavy atom. The van der Waals surface area contributed by atoms with Gasteiger partial charge in [-0.1, -0.05) is 50.3 Å². The predicted molar refractivity (Wildman–Crippen MR) is 69.5 cm³/mol. The largest absolute Gasteiger partial charge is 0.348 e. The van der Waals surface area contributed by atoms with Crippen LogP contribution in [0.15, 0.2) is 36.4 Å². The molecule has 0 N–H and O–H groups in total. The van der Waals surface area contributed by atoms with Crippen LogP contribution >= 0.6 is 0 Å².